The lowest BCUT2D eigenvalue weighted by Crippen LogP contribution is -2.31. The lowest BCUT2D eigenvalue weighted by atomic mass is 10.1. The number of carbonyl (C=O) groups is 1. The van der Waals surface area contributed by atoms with E-state index in [1.807, 2.05) is 24.3 Å². The molecule has 1 rings (SSSR count). The van der Waals surface area contributed by atoms with Crippen LogP contribution >= 0.6 is 0 Å². The SMILES string of the molecule is CCCCCCOCc1ccc(CC(=O)NN)cc1. The maximum atomic E-state index is 11.1. The lowest BCUT2D eigenvalue weighted by Gasteiger charge is -2.05. The molecule has 0 unspecified atom stereocenters. The van der Waals surface area contributed by atoms with Crippen molar-refractivity contribution in [1.82, 2.24) is 5.43 Å². The summed E-state index contributed by atoms with van der Waals surface area (Å²) in [6.07, 6.45) is 5.21. The number of nitrogens with two attached hydrogens (primary N) is 1. The monoisotopic (exact) mass is 264 g/mol. The molecule has 4 nitrogen and oxygen atoms in total. The lowest BCUT2D eigenvalue weighted by molar-refractivity contribution is -0.120. The predicted molar refractivity (Wildman–Crippen MR) is 76.3 cm³/mol. The molecule has 3 N–H and O–H groups in total. The Balaban J connectivity index is 2.22. The van der Waals surface area contributed by atoms with Crippen molar-refractivity contribution in [1.29, 1.82) is 0 Å². The minimum absolute atomic E-state index is 0.181. The first kappa shape index (κ1) is 15.7. The van der Waals surface area contributed by atoms with Gasteiger partial charge < -0.3 is 4.74 Å². The van der Waals surface area contributed by atoms with Crippen LogP contribution in [0.3, 0.4) is 0 Å². The second kappa shape index (κ2) is 9.53. The molecule has 0 aliphatic heterocycles. The Kier molecular flexibility index (Phi) is 7.86. The van der Waals surface area contributed by atoms with Crippen LogP contribution in [-0.2, 0) is 22.6 Å². The normalized spacial score (nSPS) is 10.4. The summed E-state index contributed by atoms with van der Waals surface area (Å²) in [7, 11) is 0. The summed E-state index contributed by atoms with van der Waals surface area (Å²) in [6.45, 7) is 3.65. The van der Waals surface area contributed by atoms with Gasteiger partial charge in [0.1, 0.15) is 0 Å². The summed E-state index contributed by atoms with van der Waals surface area (Å²) in [4.78, 5) is 11.1. The van der Waals surface area contributed by atoms with Gasteiger partial charge in [-0.05, 0) is 17.5 Å². The number of benzene rings is 1. The van der Waals surface area contributed by atoms with Crippen LogP contribution in [0.1, 0.15) is 43.7 Å². The molecule has 0 saturated heterocycles. The summed E-state index contributed by atoms with van der Waals surface area (Å²) in [5.74, 6) is 4.87. The Morgan fingerprint density at radius 1 is 1.16 bits per heavy atom. The summed E-state index contributed by atoms with van der Waals surface area (Å²) in [6, 6.07) is 7.85. The third-order valence-corrected chi connectivity index (χ3v) is 2.96. The standard InChI is InChI=1S/C15H24N2O2/c1-2-3-4-5-10-19-12-14-8-6-13(7-9-14)11-15(18)17-16/h6-9H,2-5,10-12,16H2,1H3,(H,17,18). The van der Waals surface area contributed by atoms with Crippen molar-refractivity contribution < 1.29 is 9.53 Å². The van der Waals surface area contributed by atoms with Gasteiger partial charge in [0.05, 0.1) is 13.0 Å². The van der Waals surface area contributed by atoms with Crippen LogP contribution in [0.15, 0.2) is 24.3 Å². The molecule has 0 aromatic heterocycles. The van der Waals surface area contributed by atoms with Gasteiger partial charge in [0.2, 0.25) is 5.91 Å². The van der Waals surface area contributed by atoms with Crippen molar-refractivity contribution in [3.05, 3.63) is 35.4 Å². The van der Waals surface area contributed by atoms with E-state index in [0.717, 1.165) is 24.2 Å². The molecule has 0 spiro atoms. The number of hydrogen-bond donors (Lipinski definition) is 2. The fraction of sp³-hybridized carbons (Fsp3) is 0.533. The quantitative estimate of drug-likeness (QED) is 0.311. The van der Waals surface area contributed by atoms with E-state index < -0.39 is 0 Å². The zero-order chi connectivity index (χ0) is 13.9. The number of nitrogens with one attached hydrogen (secondary N) is 1. The molecule has 106 valence electrons. The number of carbonyl (C=O) groups excluding carboxylic acids is 1. The van der Waals surface area contributed by atoms with Crippen molar-refractivity contribution in [2.75, 3.05) is 6.61 Å². The highest BCUT2D eigenvalue weighted by atomic mass is 16.5. The van der Waals surface area contributed by atoms with Crippen LogP contribution in [0.25, 0.3) is 0 Å². The Labute approximate surface area is 115 Å². The van der Waals surface area contributed by atoms with Gasteiger partial charge in [0.15, 0.2) is 0 Å². The maximum absolute atomic E-state index is 11.1. The average Bonchev–Trinajstić information content (AvgIpc) is 2.44. The first-order chi connectivity index (χ1) is 9.26. The van der Waals surface area contributed by atoms with Gasteiger partial charge in [0, 0.05) is 6.61 Å². The Hall–Kier alpha value is -1.39. The van der Waals surface area contributed by atoms with Crippen LogP contribution in [0.4, 0.5) is 0 Å². The van der Waals surface area contributed by atoms with Gasteiger partial charge in [-0.15, -0.1) is 0 Å². The van der Waals surface area contributed by atoms with Crippen LogP contribution in [0.5, 0.6) is 0 Å². The zero-order valence-electron chi connectivity index (χ0n) is 11.7. The van der Waals surface area contributed by atoms with Crippen molar-refractivity contribution in [3.8, 4) is 0 Å². The van der Waals surface area contributed by atoms with Crippen molar-refractivity contribution in [3.63, 3.8) is 0 Å². The van der Waals surface area contributed by atoms with Crippen LogP contribution in [-0.4, -0.2) is 12.5 Å². The van der Waals surface area contributed by atoms with E-state index >= 15 is 0 Å². The average molecular weight is 264 g/mol. The summed E-state index contributed by atoms with van der Waals surface area (Å²) in [5, 5.41) is 0. The summed E-state index contributed by atoms with van der Waals surface area (Å²) in [5.41, 5.74) is 4.21. The van der Waals surface area contributed by atoms with Crippen LogP contribution in [0.2, 0.25) is 0 Å². The smallest absolute Gasteiger partial charge is 0.238 e. The molecule has 1 aromatic carbocycles. The molecule has 0 saturated carbocycles. The third-order valence-electron chi connectivity index (χ3n) is 2.96. The minimum Gasteiger partial charge on any atom is -0.377 e. The number of amides is 1. The minimum atomic E-state index is -0.181. The van der Waals surface area contributed by atoms with E-state index in [-0.39, 0.29) is 5.91 Å². The third kappa shape index (κ3) is 6.94. The zero-order valence-corrected chi connectivity index (χ0v) is 11.7. The van der Waals surface area contributed by atoms with E-state index in [1.165, 1.54) is 19.3 Å². The van der Waals surface area contributed by atoms with E-state index in [2.05, 4.69) is 12.3 Å². The van der Waals surface area contributed by atoms with Gasteiger partial charge in [0.25, 0.3) is 0 Å². The largest absolute Gasteiger partial charge is 0.377 e. The Morgan fingerprint density at radius 2 is 1.84 bits per heavy atom. The molecule has 0 bridgehead atoms. The molecular weight excluding hydrogens is 240 g/mol. The Morgan fingerprint density at radius 3 is 2.47 bits per heavy atom. The van der Waals surface area contributed by atoms with Gasteiger partial charge in [-0.25, -0.2) is 5.84 Å². The highest BCUT2D eigenvalue weighted by molar-refractivity contribution is 5.77. The molecule has 4 heteroatoms. The van der Waals surface area contributed by atoms with Crippen molar-refractivity contribution in [2.24, 2.45) is 5.84 Å². The van der Waals surface area contributed by atoms with E-state index in [9.17, 15) is 4.79 Å². The molecule has 0 fully saturated rings. The van der Waals surface area contributed by atoms with Crippen LogP contribution < -0.4 is 11.3 Å². The van der Waals surface area contributed by atoms with E-state index in [1.54, 1.807) is 0 Å². The summed E-state index contributed by atoms with van der Waals surface area (Å²) < 4.78 is 5.61. The number of hydrogen-bond acceptors (Lipinski definition) is 3. The van der Waals surface area contributed by atoms with Crippen molar-refractivity contribution in [2.45, 2.75) is 45.6 Å². The van der Waals surface area contributed by atoms with E-state index in [0.29, 0.717) is 13.0 Å². The molecule has 0 aliphatic rings. The molecule has 1 amide bonds. The molecule has 1 aromatic rings. The topological polar surface area (TPSA) is 64.3 Å². The van der Waals surface area contributed by atoms with Gasteiger partial charge in [-0.1, -0.05) is 50.5 Å². The number of ether oxygens (including phenoxy) is 1. The summed E-state index contributed by atoms with van der Waals surface area (Å²) >= 11 is 0. The number of hydrazine groups is 1. The van der Waals surface area contributed by atoms with Gasteiger partial charge >= 0.3 is 0 Å². The first-order valence-corrected chi connectivity index (χ1v) is 6.91. The fourth-order valence-corrected chi connectivity index (χ4v) is 1.81. The highest BCUT2D eigenvalue weighted by Gasteiger charge is 2.01. The first-order valence-electron chi connectivity index (χ1n) is 6.91. The second-order valence-electron chi connectivity index (χ2n) is 4.67. The molecule has 19 heavy (non-hydrogen) atoms. The molecule has 0 aliphatic carbocycles. The van der Waals surface area contributed by atoms with E-state index in [4.69, 9.17) is 10.6 Å². The molecule has 0 atom stereocenters. The van der Waals surface area contributed by atoms with Gasteiger partial charge in [-0.2, -0.15) is 0 Å². The Bertz CT molecular complexity index is 363. The fourth-order valence-electron chi connectivity index (χ4n) is 1.81. The second-order valence-corrected chi connectivity index (χ2v) is 4.67. The molecular formula is C15H24N2O2. The number of unbranched alkanes of at least 4 members (excludes halogenated alkanes) is 3. The highest BCUT2D eigenvalue weighted by Crippen LogP contribution is 2.07. The molecule has 0 heterocycles. The van der Waals surface area contributed by atoms with Crippen molar-refractivity contribution >= 4 is 5.91 Å². The molecule has 0 radical (unpaired) electrons. The van der Waals surface area contributed by atoms with Gasteiger partial charge in [-0.3, -0.25) is 10.2 Å². The predicted octanol–water partition coefficient (Wildman–Crippen LogP) is 2.32. The van der Waals surface area contributed by atoms with Crippen LogP contribution in [0, 0.1) is 0 Å². The number of rotatable bonds is 9. The maximum Gasteiger partial charge on any atom is 0.238 e.